The summed E-state index contributed by atoms with van der Waals surface area (Å²) in [6.45, 7) is 9.27. The van der Waals surface area contributed by atoms with E-state index >= 15 is 8.78 Å². The van der Waals surface area contributed by atoms with Crippen molar-refractivity contribution in [2.75, 3.05) is 92.5 Å². The molecule has 4 fully saturated rings. The van der Waals surface area contributed by atoms with Crippen LogP contribution < -0.4 is 25.3 Å². The van der Waals surface area contributed by atoms with Gasteiger partial charge in [0, 0.05) is 99.4 Å². The highest BCUT2D eigenvalue weighted by Gasteiger charge is 2.46. The number of rotatable bonds is 11. The topological polar surface area (TPSA) is 214 Å². The van der Waals surface area contributed by atoms with Crippen LogP contribution in [0.5, 0.6) is 0 Å². The quantitative estimate of drug-likeness (QED) is 0.157. The highest BCUT2D eigenvalue weighted by Crippen LogP contribution is 2.38. The summed E-state index contributed by atoms with van der Waals surface area (Å²) in [4.78, 5) is 80.4. The van der Waals surface area contributed by atoms with Crippen molar-refractivity contribution < 1.29 is 32.8 Å². The molecule has 6 aliphatic rings. The maximum absolute atomic E-state index is 16.0. The van der Waals surface area contributed by atoms with E-state index in [-0.39, 0.29) is 42.5 Å². The monoisotopic (exact) mass is 985 g/mol. The number of hydrogen-bond donors (Lipinski definition) is 3. The minimum Gasteiger partial charge on any atom is -0.371 e. The number of allylic oxidation sites excluding steroid dienone is 1. The number of nitrogens with one attached hydrogen (secondary N) is 3. The van der Waals surface area contributed by atoms with Gasteiger partial charge in [0.25, 0.3) is 23.6 Å². The average molecular weight is 986 g/mol. The number of amides is 5. The Kier molecular flexibility index (Phi) is 12.3. The van der Waals surface area contributed by atoms with Crippen LogP contribution in [-0.2, 0) is 14.4 Å². The number of piperidine rings is 3. The van der Waals surface area contributed by atoms with E-state index in [1.807, 2.05) is 62.2 Å². The van der Waals surface area contributed by atoms with Gasteiger partial charge in [0.05, 0.1) is 34.8 Å². The van der Waals surface area contributed by atoms with Gasteiger partial charge in [0.1, 0.15) is 17.6 Å². The van der Waals surface area contributed by atoms with Crippen molar-refractivity contribution in [3.05, 3.63) is 77.1 Å². The van der Waals surface area contributed by atoms with Crippen molar-refractivity contribution in [1.29, 1.82) is 0 Å². The summed E-state index contributed by atoms with van der Waals surface area (Å²) in [5.74, 6) is -4.09. The zero-order valence-electron chi connectivity index (χ0n) is 40.5. The maximum atomic E-state index is 16.0. The van der Waals surface area contributed by atoms with Gasteiger partial charge in [-0.25, -0.2) is 18.4 Å². The van der Waals surface area contributed by atoms with E-state index in [4.69, 9.17) is 0 Å². The van der Waals surface area contributed by atoms with E-state index in [1.165, 1.54) is 0 Å². The molecule has 0 radical (unpaired) electrons. The second-order valence-corrected chi connectivity index (χ2v) is 20.1. The van der Waals surface area contributed by atoms with Gasteiger partial charge in [-0.1, -0.05) is 5.10 Å². The first-order valence-electron chi connectivity index (χ1n) is 24.9. The molecule has 3 aromatic heterocycles. The molecule has 2 atom stereocenters. The Hall–Kier alpha value is -7.20. The average Bonchev–Trinajstić information content (AvgIpc) is 4.11. The van der Waals surface area contributed by atoms with Crippen molar-refractivity contribution in [2.45, 2.75) is 70.4 Å². The number of piperazine rings is 1. The molecule has 0 bridgehead atoms. The largest absolute Gasteiger partial charge is 0.371 e. The van der Waals surface area contributed by atoms with Gasteiger partial charge in [-0.15, -0.1) is 0 Å². The summed E-state index contributed by atoms with van der Waals surface area (Å²) >= 11 is 0. The molecular weight excluding hydrogens is 929 g/mol. The summed E-state index contributed by atoms with van der Waals surface area (Å²) in [7, 11) is 1.82. The van der Waals surface area contributed by atoms with E-state index in [0.29, 0.717) is 80.9 Å². The Morgan fingerprint density at radius 3 is 2.38 bits per heavy atom. The Balaban J connectivity index is 0.639. The summed E-state index contributed by atoms with van der Waals surface area (Å²) in [6, 6.07) is 13.3. The van der Waals surface area contributed by atoms with Crippen molar-refractivity contribution >= 4 is 63.6 Å². The third-order valence-corrected chi connectivity index (χ3v) is 15.8. The Bertz CT molecular complexity index is 3000. The fourth-order valence-corrected chi connectivity index (χ4v) is 11.5. The molecule has 5 amide bonds. The number of carbonyl (C=O) groups is 5. The number of H-pyrrole nitrogens is 1. The fourth-order valence-electron chi connectivity index (χ4n) is 11.5. The molecule has 20 nitrogen and oxygen atoms in total. The van der Waals surface area contributed by atoms with Crippen molar-refractivity contribution in [1.82, 2.24) is 55.4 Å². The molecule has 72 heavy (non-hydrogen) atoms. The molecule has 4 saturated heterocycles. The second kappa shape index (κ2) is 18.8. The Labute approximate surface area is 413 Å². The zero-order chi connectivity index (χ0) is 50.0. The molecule has 0 spiro atoms. The van der Waals surface area contributed by atoms with Gasteiger partial charge >= 0.3 is 0 Å². The minimum atomic E-state index is -2.81. The smallest absolute Gasteiger partial charge is 0.263 e. The molecule has 11 rings (SSSR count). The van der Waals surface area contributed by atoms with E-state index < -0.39 is 41.5 Å². The number of nitrogens with zero attached hydrogens (tertiary/aromatic N) is 12. The third-order valence-electron chi connectivity index (χ3n) is 15.8. The molecule has 6 aliphatic heterocycles. The first-order valence-corrected chi connectivity index (χ1v) is 24.9. The van der Waals surface area contributed by atoms with Crippen LogP contribution in [0.1, 0.15) is 79.1 Å². The lowest BCUT2D eigenvalue weighted by atomic mass is 9.88. The van der Waals surface area contributed by atoms with Crippen LogP contribution in [0.25, 0.3) is 22.2 Å². The molecule has 0 saturated carbocycles. The molecule has 2 aromatic carbocycles. The number of benzene rings is 2. The molecule has 5 aromatic rings. The number of aromatic nitrogens is 7. The lowest BCUT2D eigenvalue weighted by molar-refractivity contribution is -0.136. The molecule has 0 aliphatic carbocycles. The van der Waals surface area contributed by atoms with Crippen molar-refractivity contribution in [3.8, 4) is 11.3 Å². The van der Waals surface area contributed by atoms with Crippen molar-refractivity contribution in [2.24, 2.45) is 11.8 Å². The highest BCUT2D eigenvalue weighted by atomic mass is 19.3. The van der Waals surface area contributed by atoms with Crippen LogP contribution in [-0.4, -0.2) is 164 Å². The Morgan fingerprint density at radius 1 is 0.847 bits per heavy atom. The normalized spacial score (nSPS) is 22.0. The van der Waals surface area contributed by atoms with Crippen LogP contribution in [0.3, 0.4) is 0 Å². The lowest BCUT2D eigenvalue weighted by Gasteiger charge is -2.42. The molecule has 3 N–H and O–H groups in total. The van der Waals surface area contributed by atoms with E-state index in [9.17, 15) is 24.0 Å². The molecule has 376 valence electrons. The van der Waals surface area contributed by atoms with Gasteiger partial charge in [-0.3, -0.25) is 44.2 Å². The van der Waals surface area contributed by atoms with Gasteiger partial charge in [0.15, 0.2) is 0 Å². The second-order valence-electron chi connectivity index (χ2n) is 20.1. The SMILES string of the molecule is CC1=C(C(=O)Nc2ccc3[nH]nc(-c4ccnc(N5CCN(CC(F)(F)C6CCN(CC7CCN(c8ccc9c(c8)C(=O)N(C8CCC(=O)NC8=O)C9=O)CC7)CC6)CC5)c4)c3c2)[C@@H](C)n2nnnc2N1C. The van der Waals surface area contributed by atoms with Gasteiger partial charge < -0.3 is 24.9 Å². The van der Waals surface area contributed by atoms with Crippen molar-refractivity contribution in [3.63, 3.8) is 0 Å². The van der Waals surface area contributed by atoms with Gasteiger partial charge in [-0.2, -0.15) is 5.10 Å². The van der Waals surface area contributed by atoms with E-state index in [0.717, 1.165) is 71.0 Å². The predicted molar refractivity (Wildman–Crippen MR) is 262 cm³/mol. The number of pyridine rings is 1. The van der Waals surface area contributed by atoms with Gasteiger partial charge in [0.2, 0.25) is 17.8 Å². The number of halogens is 2. The number of carbonyl (C=O) groups excluding carboxylic acids is 5. The molecule has 1 unspecified atom stereocenters. The van der Waals surface area contributed by atoms with E-state index in [1.54, 1.807) is 27.9 Å². The van der Waals surface area contributed by atoms with Crippen LogP contribution >= 0.6 is 0 Å². The van der Waals surface area contributed by atoms with Crippen LogP contribution in [0.4, 0.5) is 31.9 Å². The summed E-state index contributed by atoms with van der Waals surface area (Å²) in [5.41, 5.74) is 5.63. The highest BCUT2D eigenvalue weighted by molar-refractivity contribution is 6.23. The van der Waals surface area contributed by atoms with Crippen LogP contribution in [0.2, 0.25) is 0 Å². The standard InChI is InChI=1S/C50H57F2N15O5/c1-29-43(30(2)67-49(61(29)3)58-59-60-67)46(70)54-34-4-7-39-38(25-34)44(57-56-39)32-10-15-53-41(24-32)65-22-20-63(21-23-65)28-50(51,52)33-13-16-62(17-14-33)27-31-11-18-64(19-12-31)35-5-6-36-37(26-35)48(72)66(47(36)71)40-8-9-42(68)55-45(40)69/h4-7,10,15,24-26,30-31,33,40H,8-9,11-14,16-23,27-28H2,1-3H3,(H,54,70)(H,56,57)(H,55,68,69)/t30-,40?/m1/s1. The first-order chi connectivity index (χ1) is 34.7. The summed E-state index contributed by atoms with van der Waals surface area (Å²) in [6.07, 6.45) is 4.65. The fraction of sp³-hybridized carbons (Fsp3) is 0.480. The molecule has 9 heterocycles. The number of likely N-dealkylation sites (tertiary alicyclic amines) is 1. The number of imide groups is 2. The number of alkyl halides is 2. The Morgan fingerprint density at radius 2 is 1.61 bits per heavy atom. The maximum Gasteiger partial charge on any atom is 0.263 e. The number of hydrogen-bond acceptors (Lipinski definition) is 15. The van der Waals surface area contributed by atoms with E-state index in [2.05, 4.69) is 56.0 Å². The number of aromatic amines is 1. The first kappa shape index (κ1) is 47.1. The molecular formula is C50H57F2N15O5. The number of tetrazole rings is 1. The van der Waals surface area contributed by atoms with Crippen LogP contribution in [0, 0.1) is 11.8 Å². The predicted octanol–water partition coefficient (Wildman–Crippen LogP) is 4.32. The lowest BCUT2D eigenvalue weighted by Crippen LogP contribution is -2.54. The summed E-state index contributed by atoms with van der Waals surface area (Å²) < 4.78 is 33.6. The number of anilines is 4. The summed E-state index contributed by atoms with van der Waals surface area (Å²) in [5, 5.41) is 25.8. The zero-order valence-corrected chi connectivity index (χ0v) is 40.5. The van der Waals surface area contributed by atoms with Gasteiger partial charge in [-0.05, 0) is 124 Å². The third kappa shape index (κ3) is 8.73. The minimum absolute atomic E-state index is 0.0669. The number of fused-ring (bicyclic) bond motifs is 3. The molecule has 22 heteroatoms. The van der Waals surface area contributed by atoms with Crippen LogP contribution in [0.15, 0.2) is 66.0 Å².